The maximum Gasteiger partial charge on any atom is 0.254 e. The fourth-order valence-electron chi connectivity index (χ4n) is 7.00. The summed E-state index contributed by atoms with van der Waals surface area (Å²) in [6, 6.07) is 14.1. The third kappa shape index (κ3) is 11.3. The number of amides is 5. The van der Waals surface area contributed by atoms with E-state index in [0.29, 0.717) is 12.1 Å². The molecular weight excluding hydrogens is 691 g/mol. The normalized spacial score (nSPS) is 19.8. The zero-order chi connectivity index (χ0) is 38.9. The molecule has 1 saturated carbocycles. The van der Waals surface area contributed by atoms with E-state index in [1.54, 1.807) is 24.3 Å². The van der Waals surface area contributed by atoms with Crippen molar-refractivity contribution in [2.24, 2.45) is 17.3 Å². The predicted octanol–water partition coefficient (Wildman–Crippen LogP) is 4.50. The predicted molar refractivity (Wildman–Crippen MR) is 208 cm³/mol. The lowest BCUT2D eigenvalue weighted by Crippen LogP contribution is -2.62. The second-order valence-electron chi connectivity index (χ2n) is 16.5. The van der Waals surface area contributed by atoms with Gasteiger partial charge in [-0.1, -0.05) is 115 Å². The standard InChI is InChI=1S/C41H59N5O6S/c1-26(2)24-42-38(51)34-41(6,7)53-25-46(34)39(52)32(47)30(23-27-17-11-8-12-18-27)43-37(50)33(40(3,4)5)45-36(49)31(28-19-13-9-14-20-28)44-35(48)29-21-15-10-16-22-29/h8-9,11-14,17-20,26,29-34,47H,10,15-16,21-25H2,1-7H3,(H,42,51)(H,43,50)(H,44,48)(H,45,49)/t30-,31-,32-,33+,34+/m0/s1. The lowest BCUT2D eigenvalue weighted by atomic mass is 9.85. The zero-order valence-corrected chi connectivity index (χ0v) is 33.1. The minimum absolute atomic E-state index is 0.114. The molecule has 0 radical (unpaired) electrons. The van der Waals surface area contributed by atoms with Gasteiger partial charge in [-0.05, 0) is 55.6 Å². The van der Waals surface area contributed by atoms with Crippen LogP contribution in [-0.2, 0) is 30.4 Å². The smallest absolute Gasteiger partial charge is 0.254 e. The number of aliphatic hydroxyl groups excluding tert-OH is 1. The Labute approximate surface area is 319 Å². The molecule has 1 aliphatic carbocycles. The number of benzene rings is 2. The van der Waals surface area contributed by atoms with Crippen LogP contribution in [0.1, 0.15) is 97.7 Å². The molecule has 2 aromatic carbocycles. The number of hydrogen-bond acceptors (Lipinski definition) is 7. The van der Waals surface area contributed by atoms with Gasteiger partial charge < -0.3 is 31.3 Å². The summed E-state index contributed by atoms with van der Waals surface area (Å²) in [5.74, 6) is -2.05. The van der Waals surface area contributed by atoms with Crippen molar-refractivity contribution in [1.29, 1.82) is 0 Å². The molecule has 53 heavy (non-hydrogen) atoms. The number of carbonyl (C=O) groups is 5. The first-order chi connectivity index (χ1) is 25.0. The summed E-state index contributed by atoms with van der Waals surface area (Å²) in [7, 11) is 0. The molecule has 5 atom stereocenters. The molecule has 0 spiro atoms. The van der Waals surface area contributed by atoms with E-state index in [1.165, 1.54) is 16.7 Å². The molecule has 0 bridgehead atoms. The lowest BCUT2D eigenvalue weighted by molar-refractivity contribution is -0.148. The third-order valence-electron chi connectivity index (χ3n) is 10.1. The quantitative estimate of drug-likeness (QED) is 0.191. The van der Waals surface area contributed by atoms with E-state index in [1.807, 2.05) is 84.9 Å². The van der Waals surface area contributed by atoms with Crippen LogP contribution in [0.3, 0.4) is 0 Å². The average Bonchev–Trinajstić information content (AvgIpc) is 3.45. The van der Waals surface area contributed by atoms with E-state index < -0.39 is 58.2 Å². The summed E-state index contributed by atoms with van der Waals surface area (Å²) in [5, 5.41) is 23.5. The number of rotatable bonds is 14. The summed E-state index contributed by atoms with van der Waals surface area (Å²) < 4.78 is -0.613. The van der Waals surface area contributed by atoms with E-state index in [9.17, 15) is 29.1 Å². The van der Waals surface area contributed by atoms with Crippen molar-refractivity contribution in [2.75, 3.05) is 12.4 Å². The molecule has 1 aliphatic heterocycles. The number of thioether (sulfide) groups is 1. The Kier molecular flexibility index (Phi) is 14.5. The minimum atomic E-state index is -1.70. The van der Waals surface area contributed by atoms with Gasteiger partial charge in [0.25, 0.3) is 5.91 Å². The van der Waals surface area contributed by atoms with Crippen molar-refractivity contribution in [3.63, 3.8) is 0 Å². The van der Waals surface area contributed by atoms with Crippen molar-refractivity contribution >= 4 is 41.3 Å². The molecule has 12 heteroatoms. The van der Waals surface area contributed by atoms with E-state index in [-0.39, 0.29) is 35.9 Å². The number of nitrogens with zero attached hydrogens (tertiary/aromatic N) is 1. The largest absolute Gasteiger partial charge is 0.381 e. The Balaban J connectivity index is 1.59. The van der Waals surface area contributed by atoms with Crippen LogP contribution in [0.2, 0.25) is 0 Å². The fourth-order valence-corrected chi connectivity index (χ4v) is 8.14. The molecule has 1 saturated heterocycles. The Morgan fingerprint density at radius 2 is 1.45 bits per heavy atom. The number of aliphatic hydroxyl groups is 1. The van der Waals surface area contributed by atoms with Crippen LogP contribution in [0.5, 0.6) is 0 Å². The Bertz CT molecular complexity index is 1560. The van der Waals surface area contributed by atoms with E-state index >= 15 is 0 Å². The van der Waals surface area contributed by atoms with Gasteiger partial charge >= 0.3 is 0 Å². The molecule has 2 fully saturated rings. The molecule has 2 aromatic rings. The Morgan fingerprint density at radius 3 is 2.04 bits per heavy atom. The molecule has 1 heterocycles. The first kappa shape index (κ1) is 41.9. The molecule has 0 aromatic heterocycles. The highest BCUT2D eigenvalue weighted by atomic mass is 32.2. The van der Waals surface area contributed by atoms with Crippen molar-refractivity contribution in [3.8, 4) is 0 Å². The summed E-state index contributed by atoms with van der Waals surface area (Å²) in [4.78, 5) is 70.8. The fraction of sp³-hybridized carbons (Fsp3) is 0.585. The summed E-state index contributed by atoms with van der Waals surface area (Å²) in [6.45, 7) is 13.7. The zero-order valence-electron chi connectivity index (χ0n) is 32.3. The molecule has 290 valence electrons. The second-order valence-corrected chi connectivity index (χ2v) is 18.1. The average molecular weight is 750 g/mol. The van der Waals surface area contributed by atoms with Gasteiger partial charge in [0.15, 0.2) is 6.10 Å². The van der Waals surface area contributed by atoms with Crippen LogP contribution in [-0.4, -0.2) is 80.9 Å². The summed E-state index contributed by atoms with van der Waals surface area (Å²) in [6.07, 6.45) is 2.96. The molecule has 5 N–H and O–H groups in total. The van der Waals surface area contributed by atoms with Gasteiger partial charge in [-0.15, -0.1) is 11.8 Å². The number of carbonyl (C=O) groups excluding carboxylic acids is 5. The topological polar surface area (TPSA) is 157 Å². The SMILES string of the molecule is CC(C)CNC(=O)[C@H]1N(C(=O)[C@@H](O)[C@H](Cc2ccccc2)NC(=O)[C@@H](NC(=O)[C@@H](NC(=O)C2CCCCC2)c2ccccc2)C(C)(C)C)CSC1(C)C. The highest BCUT2D eigenvalue weighted by Gasteiger charge is 2.50. The van der Waals surface area contributed by atoms with Crippen molar-refractivity contribution < 1.29 is 29.1 Å². The monoisotopic (exact) mass is 749 g/mol. The van der Waals surface area contributed by atoms with Crippen LogP contribution in [0.25, 0.3) is 0 Å². The van der Waals surface area contributed by atoms with E-state index in [4.69, 9.17) is 0 Å². The highest BCUT2D eigenvalue weighted by Crippen LogP contribution is 2.40. The molecule has 11 nitrogen and oxygen atoms in total. The molecular formula is C41H59N5O6S. The maximum atomic E-state index is 14.3. The first-order valence-electron chi connectivity index (χ1n) is 18.9. The van der Waals surface area contributed by atoms with Gasteiger partial charge in [-0.25, -0.2) is 0 Å². The van der Waals surface area contributed by atoms with Gasteiger partial charge in [0.1, 0.15) is 18.1 Å². The molecule has 4 rings (SSSR count). The molecule has 2 aliphatic rings. The van der Waals surface area contributed by atoms with Crippen LogP contribution < -0.4 is 21.3 Å². The van der Waals surface area contributed by atoms with Gasteiger partial charge in [-0.2, -0.15) is 0 Å². The molecule has 0 unspecified atom stereocenters. The van der Waals surface area contributed by atoms with Gasteiger partial charge in [0.2, 0.25) is 23.6 Å². The van der Waals surface area contributed by atoms with Crippen molar-refractivity contribution in [3.05, 3.63) is 71.8 Å². The Hall–Kier alpha value is -3.90. The van der Waals surface area contributed by atoms with E-state index in [0.717, 1.165) is 37.7 Å². The second kappa shape index (κ2) is 18.4. The van der Waals surface area contributed by atoms with Crippen LogP contribution in [0, 0.1) is 17.3 Å². The summed E-state index contributed by atoms with van der Waals surface area (Å²) in [5.41, 5.74) is 0.553. The van der Waals surface area contributed by atoms with Crippen LogP contribution in [0.4, 0.5) is 0 Å². The third-order valence-corrected chi connectivity index (χ3v) is 11.5. The lowest BCUT2D eigenvalue weighted by Gasteiger charge is -2.36. The van der Waals surface area contributed by atoms with E-state index in [2.05, 4.69) is 21.3 Å². The van der Waals surface area contributed by atoms with Crippen molar-refractivity contribution in [2.45, 2.75) is 122 Å². The van der Waals surface area contributed by atoms with Crippen LogP contribution >= 0.6 is 11.8 Å². The van der Waals surface area contributed by atoms with Gasteiger partial charge in [0, 0.05) is 17.2 Å². The highest BCUT2D eigenvalue weighted by molar-refractivity contribution is 8.00. The Morgan fingerprint density at radius 1 is 0.849 bits per heavy atom. The number of hydrogen-bond donors (Lipinski definition) is 5. The van der Waals surface area contributed by atoms with Gasteiger partial charge in [0.05, 0.1) is 11.9 Å². The van der Waals surface area contributed by atoms with Gasteiger partial charge in [-0.3, -0.25) is 24.0 Å². The molecule has 5 amide bonds. The van der Waals surface area contributed by atoms with Crippen molar-refractivity contribution in [1.82, 2.24) is 26.2 Å². The number of nitrogens with one attached hydrogen (secondary N) is 4. The minimum Gasteiger partial charge on any atom is -0.381 e. The first-order valence-corrected chi connectivity index (χ1v) is 19.9. The summed E-state index contributed by atoms with van der Waals surface area (Å²) >= 11 is 1.45. The maximum absolute atomic E-state index is 14.3. The van der Waals surface area contributed by atoms with Crippen LogP contribution in [0.15, 0.2) is 60.7 Å².